The third kappa shape index (κ3) is 3.59. The molecule has 1 aromatic carbocycles. The zero-order valence-corrected chi connectivity index (χ0v) is 14.2. The third-order valence-electron chi connectivity index (χ3n) is 4.11. The highest BCUT2D eigenvalue weighted by atomic mass is 35.5. The normalized spacial score (nSPS) is 17.3. The van der Waals surface area contributed by atoms with Gasteiger partial charge in [-0.25, -0.2) is 0 Å². The van der Waals surface area contributed by atoms with Crippen molar-refractivity contribution in [3.05, 3.63) is 47.1 Å². The molecule has 3 rings (SSSR count). The van der Waals surface area contributed by atoms with E-state index in [1.54, 1.807) is 34.0 Å². The summed E-state index contributed by atoms with van der Waals surface area (Å²) in [4.78, 5) is 26.3. The summed E-state index contributed by atoms with van der Waals surface area (Å²) in [5.74, 6) is 0.299. The second-order valence-electron chi connectivity index (χ2n) is 5.75. The molecule has 126 valence electrons. The Balaban J connectivity index is 1.69. The Morgan fingerprint density at radius 1 is 1.33 bits per heavy atom. The lowest BCUT2D eigenvalue weighted by atomic mass is 10.1. The quantitative estimate of drug-likeness (QED) is 0.905. The average Bonchev–Trinajstić information content (AvgIpc) is 3.17. The number of hydrogen-bond acceptors (Lipinski definition) is 3. The molecule has 1 saturated heterocycles. The fourth-order valence-corrected chi connectivity index (χ4v) is 2.93. The highest BCUT2D eigenvalue weighted by molar-refractivity contribution is 6.30. The van der Waals surface area contributed by atoms with Gasteiger partial charge >= 0.3 is 0 Å². The largest absolute Gasteiger partial charge is 0.326 e. The van der Waals surface area contributed by atoms with Crippen LogP contribution in [0.15, 0.2) is 36.5 Å². The van der Waals surface area contributed by atoms with Gasteiger partial charge in [0.25, 0.3) is 0 Å². The summed E-state index contributed by atoms with van der Waals surface area (Å²) < 4.78 is 1.74. The number of hydrogen-bond donors (Lipinski definition) is 1. The van der Waals surface area contributed by atoms with Crippen LogP contribution in [0.3, 0.4) is 0 Å². The number of anilines is 1. The van der Waals surface area contributed by atoms with Gasteiger partial charge in [-0.2, -0.15) is 5.10 Å². The van der Waals surface area contributed by atoms with Gasteiger partial charge in [0.1, 0.15) is 6.04 Å². The Bertz CT molecular complexity index is 741. The Morgan fingerprint density at radius 3 is 2.75 bits per heavy atom. The van der Waals surface area contributed by atoms with Gasteiger partial charge in [-0.1, -0.05) is 23.7 Å². The van der Waals surface area contributed by atoms with Crippen molar-refractivity contribution in [2.75, 3.05) is 5.32 Å². The fraction of sp³-hybridized carbons (Fsp3) is 0.353. The first-order valence-electron chi connectivity index (χ1n) is 7.95. The van der Waals surface area contributed by atoms with Gasteiger partial charge in [0.05, 0.1) is 0 Å². The van der Waals surface area contributed by atoms with Gasteiger partial charge in [0, 0.05) is 36.8 Å². The Morgan fingerprint density at radius 2 is 2.08 bits per heavy atom. The van der Waals surface area contributed by atoms with Gasteiger partial charge in [-0.15, -0.1) is 0 Å². The smallest absolute Gasteiger partial charge is 0.248 e. The van der Waals surface area contributed by atoms with E-state index < -0.39 is 6.04 Å². The summed E-state index contributed by atoms with van der Waals surface area (Å²) >= 11 is 5.89. The van der Waals surface area contributed by atoms with Crippen LogP contribution in [0.25, 0.3) is 0 Å². The minimum atomic E-state index is -0.472. The molecule has 0 saturated carbocycles. The molecule has 24 heavy (non-hydrogen) atoms. The molecule has 2 amide bonds. The second-order valence-corrected chi connectivity index (χ2v) is 6.18. The van der Waals surface area contributed by atoms with Crippen LogP contribution in [0, 0.1) is 0 Å². The zero-order chi connectivity index (χ0) is 17.1. The van der Waals surface area contributed by atoms with Crippen LogP contribution in [0.2, 0.25) is 5.02 Å². The van der Waals surface area contributed by atoms with E-state index in [-0.39, 0.29) is 11.8 Å². The molecule has 2 aromatic rings. The molecule has 1 atom stereocenters. The third-order valence-corrected chi connectivity index (χ3v) is 4.36. The SMILES string of the molecule is CCn1ccc(NC(=O)C2CCC(=O)N2Cc2ccc(Cl)cc2)n1. The van der Waals surface area contributed by atoms with Crippen molar-refractivity contribution in [3.8, 4) is 0 Å². The summed E-state index contributed by atoms with van der Waals surface area (Å²) in [5, 5.41) is 7.69. The monoisotopic (exact) mass is 346 g/mol. The van der Waals surface area contributed by atoms with E-state index in [0.29, 0.717) is 30.2 Å². The highest BCUT2D eigenvalue weighted by Crippen LogP contribution is 2.23. The van der Waals surface area contributed by atoms with Crippen LogP contribution >= 0.6 is 11.6 Å². The van der Waals surface area contributed by atoms with E-state index in [1.165, 1.54) is 0 Å². The molecule has 1 unspecified atom stereocenters. The lowest BCUT2D eigenvalue weighted by Crippen LogP contribution is -2.41. The van der Waals surface area contributed by atoms with Crippen molar-refractivity contribution in [2.45, 2.75) is 38.9 Å². The van der Waals surface area contributed by atoms with E-state index in [9.17, 15) is 9.59 Å². The maximum atomic E-state index is 12.5. The molecule has 1 aromatic heterocycles. The average molecular weight is 347 g/mol. The van der Waals surface area contributed by atoms with Crippen molar-refractivity contribution in [1.29, 1.82) is 0 Å². The number of aryl methyl sites for hydroxylation is 1. The Hall–Kier alpha value is -2.34. The summed E-state index contributed by atoms with van der Waals surface area (Å²) in [6.07, 6.45) is 2.71. The van der Waals surface area contributed by atoms with Crippen LogP contribution in [-0.4, -0.2) is 32.5 Å². The van der Waals surface area contributed by atoms with Crippen LogP contribution in [-0.2, 0) is 22.7 Å². The maximum Gasteiger partial charge on any atom is 0.248 e. The predicted molar refractivity (Wildman–Crippen MR) is 91.6 cm³/mol. The number of carbonyl (C=O) groups excluding carboxylic acids is 2. The van der Waals surface area contributed by atoms with Crippen LogP contribution < -0.4 is 5.32 Å². The summed E-state index contributed by atoms with van der Waals surface area (Å²) in [6, 6.07) is 8.58. The lowest BCUT2D eigenvalue weighted by Gasteiger charge is -2.23. The second kappa shape index (κ2) is 7.05. The fourth-order valence-electron chi connectivity index (χ4n) is 2.80. The van der Waals surface area contributed by atoms with Crippen molar-refractivity contribution >= 4 is 29.2 Å². The molecule has 1 aliphatic heterocycles. The number of likely N-dealkylation sites (tertiary alicyclic amines) is 1. The Kier molecular flexibility index (Phi) is 4.85. The molecule has 1 N–H and O–H groups in total. The van der Waals surface area contributed by atoms with Crippen LogP contribution in [0.5, 0.6) is 0 Å². The number of rotatable bonds is 5. The molecule has 0 spiro atoms. The molecule has 6 nitrogen and oxygen atoms in total. The minimum Gasteiger partial charge on any atom is -0.326 e. The molecular formula is C17H19ClN4O2. The zero-order valence-electron chi connectivity index (χ0n) is 13.4. The first-order valence-corrected chi connectivity index (χ1v) is 8.33. The molecule has 1 fully saturated rings. The maximum absolute atomic E-state index is 12.5. The number of aromatic nitrogens is 2. The van der Waals surface area contributed by atoms with E-state index in [4.69, 9.17) is 11.6 Å². The number of nitrogens with zero attached hydrogens (tertiary/aromatic N) is 3. The summed E-state index contributed by atoms with van der Waals surface area (Å²) in [5.41, 5.74) is 0.947. The van der Waals surface area contributed by atoms with Gasteiger partial charge in [0.2, 0.25) is 11.8 Å². The minimum absolute atomic E-state index is 0.0100. The standard InChI is InChI=1S/C17H19ClN4O2/c1-2-21-10-9-15(20-21)19-17(24)14-7-8-16(23)22(14)11-12-3-5-13(18)6-4-12/h3-6,9-10,14H,2,7-8,11H2,1H3,(H,19,20,24). The number of carbonyl (C=O) groups is 2. The summed E-state index contributed by atoms with van der Waals surface area (Å²) in [6.45, 7) is 3.11. The van der Waals surface area contributed by atoms with E-state index in [2.05, 4.69) is 10.4 Å². The molecule has 2 heterocycles. The first-order chi connectivity index (χ1) is 11.6. The number of nitrogens with one attached hydrogen (secondary N) is 1. The first kappa shape index (κ1) is 16.5. The summed E-state index contributed by atoms with van der Waals surface area (Å²) in [7, 11) is 0. The molecule has 0 aliphatic carbocycles. The van der Waals surface area contributed by atoms with Gasteiger partial charge < -0.3 is 10.2 Å². The molecule has 1 aliphatic rings. The van der Waals surface area contributed by atoms with Crippen molar-refractivity contribution in [3.63, 3.8) is 0 Å². The topological polar surface area (TPSA) is 67.2 Å². The molecular weight excluding hydrogens is 328 g/mol. The molecule has 0 radical (unpaired) electrons. The number of benzene rings is 1. The molecule has 7 heteroatoms. The number of halogens is 1. The van der Waals surface area contributed by atoms with Gasteiger partial charge in [-0.05, 0) is 31.0 Å². The predicted octanol–water partition coefficient (Wildman–Crippen LogP) is 2.69. The van der Waals surface area contributed by atoms with Crippen LogP contribution in [0.4, 0.5) is 5.82 Å². The molecule has 0 bridgehead atoms. The van der Waals surface area contributed by atoms with Crippen molar-refractivity contribution in [2.24, 2.45) is 0 Å². The van der Waals surface area contributed by atoms with Crippen molar-refractivity contribution in [1.82, 2.24) is 14.7 Å². The number of amides is 2. The van der Waals surface area contributed by atoms with E-state index >= 15 is 0 Å². The highest BCUT2D eigenvalue weighted by Gasteiger charge is 2.36. The van der Waals surface area contributed by atoms with E-state index in [1.807, 2.05) is 19.1 Å². The van der Waals surface area contributed by atoms with Crippen molar-refractivity contribution < 1.29 is 9.59 Å². The lowest BCUT2D eigenvalue weighted by molar-refractivity contribution is -0.133. The van der Waals surface area contributed by atoms with E-state index in [0.717, 1.165) is 12.1 Å². The van der Waals surface area contributed by atoms with Gasteiger partial charge in [-0.3, -0.25) is 14.3 Å². The Labute approximate surface area is 145 Å². The van der Waals surface area contributed by atoms with Crippen LogP contribution in [0.1, 0.15) is 25.3 Å². The van der Waals surface area contributed by atoms with Gasteiger partial charge in [0.15, 0.2) is 5.82 Å².